The molecule has 0 aromatic carbocycles. The Morgan fingerprint density at radius 3 is 2.40 bits per heavy atom. The average Bonchev–Trinajstić information content (AvgIpc) is 2.45. The largest absolute Gasteiger partial charge is 0.353 e. The van der Waals surface area contributed by atoms with Gasteiger partial charge >= 0.3 is 0 Å². The number of hydrogen-bond acceptors (Lipinski definition) is 2. The van der Waals surface area contributed by atoms with E-state index in [4.69, 9.17) is 11.6 Å². The third-order valence-electron chi connectivity index (χ3n) is 3.88. The van der Waals surface area contributed by atoms with Gasteiger partial charge in [-0.1, -0.05) is 13.3 Å². The maximum absolute atomic E-state index is 12.0. The van der Waals surface area contributed by atoms with E-state index in [1.54, 1.807) is 0 Å². The second-order valence-electron chi connectivity index (χ2n) is 6.25. The smallest absolute Gasteiger partial charge is 0.227 e. The molecule has 0 aliphatic carbocycles. The number of carbonyl (C=O) groups is 2. The number of carbonyl (C=O) groups excluding carboxylic acids is 2. The molecule has 0 atom stereocenters. The number of hydrogen-bond donors (Lipinski definition) is 1. The number of piperidine rings is 1. The van der Waals surface area contributed by atoms with Gasteiger partial charge < -0.3 is 10.2 Å². The second-order valence-corrected chi connectivity index (χ2v) is 6.52. The molecule has 0 bridgehead atoms. The lowest BCUT2D eigenvalue weighted by Gasteiger charge is -2.34. The van der Waals surface area contributed by atoms with Crippen LogP contribution in [-0.2, 0) is 9.59 Å². The highest BCUT2D eigenvalue weighted by Crippen LogP contribution is 2.19. The Morgan fingerprint density at radius 1 is 1.30 bits per heavy atom. The van der Waals surface area contributed by atoms with Gasteiger partial charge in [0.15, 0.2) is 0 Å². The Morgan fingerprint density at radius 2 is 1.90 bits per heavy atom. The van der Waals surface area contributed by atoms with Gasteiger partial charge in [-0.3, -0.25) is 9.59 Å². The molecule has 0 aromatic rings. The molecule has 0 spiro atoms. The molecular weight excluding hydrogens is 276 g/mol. The maximum atomic E-state index is 12.0. The second kappa shape index (κ2) is 7.87. The Bertz CT molecular complexity index is 337. The summed E-state index contributed by atoms with van der Waals surface area (Å²) in [6.45, 7) is 7.27. The molecule has 0 radical (unpaired) electrons. The molecule has 1 heterocycles. The molecule has 1 rings (SSSR count). The normalized spacial score (nSPS) is 17.1. The van der Waals surface area contributed by atoms with Gasteiger partial charge in [-0.05, 0) is 33.1 Å². The van der Waals surface area contributed by atoms with Crippen molar-refractivity contribution in [3.63, 3.8) is 0 Å². The van der Waals surface area contributed by atoms with Crippen LogP contribution in [0.3, 0.4) is 0 Å². The molecule has 0 saturated carbocycles. The maximum Gasteiger partial charge on any atom is 0.227 e. The SMILES string of the molecule is CCCCC(=O)N1CCC(NC(=O)C(C)(C)CCl)CC1. The molecule has 1 aliphatic rings. The van der Waals surface area contributed by atoms with Gasteiger partial charge in [0.05, 0.1) is 5.41 Å². The standard InChI is InChI=1S/C15H27ClN2O2/c1-4-5-6-13(19)18-9-7-12(8-10-18)17-14(20)15(2,3)11-16/h12H,4-11H2,1-3H3,(H,17,20). The minimum atomic E-state index is -0.532. The van der Waals surface area contributed by atoms with Crippen LogP contribution in [0.15, 0.2) is 0 Å². The minimum Gasteiger partial charge on any atom is -0.353 e. The van der Waals surface area contributed by atoms with Crippen LogP contribution in [-0.4, -0.2) is 41.7 Å². The van der Waals surface area contributed by atoms with E-state index < -0.39 is 5.41 Å². The van der Waals surface area contributed by atoms with Crippen LogP contribution >= 0.6 is 11.6 Å². The van der Waals surface area contributed by atoms with E-state index >= 15 is 0 Å². The lowest BCUT2D eigenvalue weighted by molar-refractivity contribution is -0.133. The van der Waals surface area contributed by atoms with Crippen molar-refractivity contribution >= 4 is 23.4 Å². The first-order valence-electron chi connectivity index (χ1n) is 7.55. The summed E-state index contributed by atoms with van der Waals surface area (Å²) in [7, 11) is 0. The summed E-state index contributed by atoms with van der Waals surface area (Å²) in [5, 5.41) is 3.05. The van der Waals surface area contributed by atoms with Crippen molar-refractivity contribution in [2.45, 2.75) is 58.9 Å². The van der Waals surface area contributed by atoms with Gasteiger partial charge in [-0.15, -0.1) is 11.6 Å². The van der Waals surface area contributed by atoms with Crippen molar-refractivity contribution in [2.75, 3.05) is 19.0 Å². The lowest BCUT2D eigenvalue weighted by Crippen LogP contribution is -2.49. The third-order valence-corrected chi connectivity index (χ3v) is 4.54. The van der Waals surface area contributed by atoms with Crippen molar-refractivity contribution in [2.24, 2.45) is 5.41 Å². The van der Waals surface area contributed by atoms with E-state index in [2.05, 4.69) is 12.2 Å². The van der Waals surface area contributed by atoms with Gasteiger partial charge in [0.1, 0.15) is 0 Å². The Labute approximate surface area is 127 Å². The summed E-state index contributed by atoms with van der Waals surface area (Å²) >= 11 is 5.81. The van der Waals surface area contributed by atoms with Crippen LogP contribution in [0, 0.1) is 5.41 Å². The summed E-state index contributed by atoms with van der Waals surface area (Å²) in [5.41, 5.74) is -0.532. The molecule has 1 saturated heterocycles. The first-order chi connectivity index (χ1) is 9.40. The quantitative estimate of drug-likeness (QED) is 0.767. The predicted molar refractivity (Wildman–Crippen MR) is 81.8 cm³/mol. The van der Waals surface area contributed by atoms with E-state index in [0.29, 0.717) is 12.3 Å². The highest BCUT2D eigenvalue weighted by molar-refractivity contribution is 6.19. The summed E-state index contributed by atoms with van der Waals surface area (Å²) in [4.78, 5) is 25.9. The van der Waals surface area contributed by atoms with Gasteiger partial charge in [-0.25, -0.2) is 0 Å². The lowest BCUT2D eigenvalue weighted by atomic mass is 9.93. The predicted octanol–water partition coefficient (Wildman–Crippen LogP) is 2.55. The third kappa shape index (κ3) is 4.97. The number of unbranched alkanes of at least 4 members (excludes halogenated alkanes) is 1. The molecule has 2 amide bonds. The molecular formula is C15H27ClN2O2. The zero-order valence-corrected chi connectivity index (χ0v) is 13.6. The van der Waals surface area contributed by atoms with Crippen molar-refractivity contribution < 1.29 is 9.59 Å². The highest BCUT2D eigenvalue weighted by atomic mass is 35.5. The number of rotatable bonds is 6. The molecule has 1 fully saturated rings. The zero-order chi connectivity index (χ0) is 15.2. The molecule has 0 aromatic heterocycles. The van der Waals surface area contributed by atoms with Crippen LogP contribution in [0.5, 0.6) is 0 Å². The topological polar surface area (TPSA) is 49.4 Å². The van der Waals surface area contributed by atoms with Crippen LogP contribution < -0.4 is 5.32 Å². The first-order valence-corrected chi connectivity index (χ1v) is 8.09. The van der Waals surface area contributed by atoms with E-state index in [1.807, 2.05) is 18.7 Å². The first kappa shape index (κ1) is 17.3. The number of likely N-dealkylation sites (tertiary alicyclic amines) is 1. The van der Waals surface area contributed by atoms with Gasteiger partial charge in [0, 0.05) is 31.4 Å². The molecule has 4 nitrogen and oxygen atoms in total. The molecule has 0 unspecified atom stereocenters. The Kier molecular flexibility index (Phi) is 6.80. The summed E-state index contributed by atoms with van der Waals surface area (Å²) in [6, 6.07) is 0.167. The number of nitrogens with one attached hydrogen (secondary N) is 1. The molecule has 116 valence electrons. The van der Waals surface area contributed by atoms with Crippen molar-refractivity contribution in [3.05, 3.63) is 0 Å². The fourth-order valence-corrected chi connectivity index (χ4v) is 2.32. The van der Waals surface area contributed by atoms with Gasteiger partial charge in [0.25, 0.3) is 0 Å². The molecule has 20 heavy (non-hydrogen) atoms. The molecule has 5 heteroatoms. The van der Waals surface area contributed by atoms with E-state index in [0.717, 1.165) is 38.8 Å². The van der Waals surface area contributed by atoms with Crippen molar-refractivity contribution in [1.29, 1.82) is 0 Å². The van der Waals surface area contributed by atoms with Crippen LogP contribution in [0.1, 0.15) is 52.9 Å². The summed E-state index contributed by atoms with van der Waals surface area (Å²) < 4.78 is 0. The number of nitrogens with zero attached hydrogens (tertiary/aromatic N) is 1. The Balaban J connectivity index is 2.35. The fourth-order valence-electron chi connectivity index (χ4n) is 2.20. The summed E-state index contributed by atoms with van der Waals surface area (Å²) in [6.07, 6.45) is 4.32. The number of amides is 2. The van der Waals surface area contributed by atoms with Crippen LogP contribution in [0.2, 0.25) is 0 Å². The van der Waals surface area contributed by atoms with Crippen LogP contribution in [0.4, 0.5) is 0 Å². The Hall–Kier alpha value is -0.770. The summed E-state index contributed by atoms with van der Waals surface area (Å²) in [5.74, 6) is 0.564. The van der Waals surface area contributed by atoms with Gasteiger partial charge in [-0.2, -0.15) is 0 Å². The highest BCUT2D eigenvalue weighted by Gasteiger charge is 2.30. The van der Waals surface area contributed by atoms with Gasteiger partial charge in [0.2, 0.25) is 11.8 Å². The average molecular weight is 303 g/mol. The zero-order valence-electron chi connectivity index (χ0n) is 12.9. The van der Waals surface area contributed by atoms with Crippen molar-refractivity contribution in [3.8, 4) is 0 Å². The van der Waals surface area contributed by atoms with Crippen LogP contribution in [0.25, 0.3) is 0 Å². The molecule has 1 aliphatic heterocycles. The van der Waals surface area contributed by atoms with E-state index in [9.17, 15) is 9.59 Å². The van der Waals surface area contributed by atoms with E-state index in [-0.39, 0.29) is 17.9 Å². The minimum absolute atomic E-state index is 0.00302. The van der Waals surface area contributed by atoms with E-state index in [1.165, 1.54) is 0 Å². The molecule has 1 N–H and O–H groups in total. The monoisotopic (exact) mass is 302 g/mol. The number of alkyl halides is 1. The fraction of sp³-hybridized carbons (Fsp3) is 0.867. The number of halogens is 1. The van der Waals surface area contributed by atoms with Crippen molar-refractivity contribution in [1.82, 2.24) is 10.2 Å².